The zero-order valence-corrected chi connectivity index (χ0v) is 7.04. The lowest BCUT2D eigenvalue weighted by molar-refractivity contribution is -0.138. The van der Waals surface area contributed by atoms with Gasteiger partial charge in [-0.25, -0.2) is 0 Å². The van der Waals surface area contributed by atoms with Gasteiger partial charge in [0.2, 0.25) is 5.91 Å². The van der Waals surface area contributed by atoms with E-state index in [9.17, 15) is 9.59 Å². The van der Waals surface area contributed by atoms with E-state index in [4.69, 9.17) is 10.8 Å². The van der Waals surface area contributed by atoms with Crippen LogP contribution in [0.25, 0.3) is 0 Å². The van der Waals surface area contributed by atoms with Gasteiger partial charge in [-0.05, 0) is 6.42 Å². The fraction of sp³-hybridized carbons (Fsp3) is 0.714. The molecule has 0 aromatic heterocycles. The Hall–Kier alpha value is -1.10. The first-order valence-electron chi connectivity index (χ1n) is 3.83. The van der Waals surface area contributed by atoms with Gasteiger partial charge in [0, 0.05) is 0 Å². The van der Waals surface area contributed by atoms with Gasteiger partial charge < -0.3 is 16.2 Å². The zero-order valence-electron chi connectivity index (χ0n) is 7.04. The normalized spacial score (nSPS) is 12.2. The monoisotopic (exact) mass is 174 g/mol. The zero-order chi connectivity index (χ0) is 9.56. The van der Waals surface area contributed by atoms with Gasteiger partial charge in [-0.15, -0.1) is 0 Å². The molecule has 0 aromatic rings. The van der Waals surface area contributed by atoms with Crippen LogP contribution in [0.3, 0.4) is 0 Å². The summed E-state index contributed by atoms with van der Waals surface area (Å²) in [6, 6.07) is -0.589. The number of hydrogen-bond acceptors (Lipinski definition) is 3. The molecule has 0 saturated heterocycles. The molecule has 1 unspecified atom stereocenters. The Bertz CT molecular complexity index is 170. The highest BCUT2D eigenvalue weighted by molar-refractivity contribution is 5.84. The van der Waals surface area contributed by atoms with E-state index >= 15 is 0 Å². The summed E-state index contributed by atoms with van der Waals surface area (Å²) in [5, 5.41) is 10.4. The van der Waals surface area contributed by atoms with E-state index in [1.54, 1.807) is 0 Å². The third kappa shape index (κ3) is 4.68. The molecule has 5 nitrogen and oxygen atoms in total. The largest absolute Gasteiger partial charge is 0.480 e. The number of hydrogen-bond donors (Lipinski definition) is 3. The average molecular weight is 174 g/mol. The number of amides is 1. The number of carboxylic acid groups (broad SMARTS) is 1. The Morgan fingerprint density at radius 3 is 2.58 bits per heavy atom. The van der Waals surface area contributed by atoms with Crippen molar-refractivity contribution in [3.8, 4) is 0 Å². The number of rotatable bonds is 5. The third-order valence-corrected chi connectivity index (χ3v) is 1.35. The van der Waals surface area contributed by atoms with Crippen molar-refractivity contribution >= 4 is 11.9 Å². The fourth-order valence-corrected chi connectivity index (χ4v) is 0.736. The van der Waals surface area contributed by atoms with Crippen LogP contribution in [-0.2, 0) is 9.59 Å². The molecule has 0 radical (unpaired) electrons. The van der Waals surface area contributed by atoms with Crippen LogP contribution in [0.15, 0.2) is 0 Å². The van der Waals surface area contributed by atoms with Gasteiger partial charge in [0.25, 0.3) is 0 Å². The topological polar surface area (TPSA) is 92.4 Å². The van der Waals surface area contributed by atoms with Crippen LogP contribution in [0.4, 0.5) is 0 Å². The maximum Gasteiger partial charge on any atom is 0.322 e. The molecule has 5 heteroatoms. The molecule has 0 bridgehead atoms. The second-order valence-electron chi connectivity index (χ2n) is 2.51. The number of carbonyl (C=O) groups excluding carboxylic acids is 1. The molecule has 0 aromatic carbocycles. The number of carbonyl (C=O) groups is 2. The van der Waals surface area contributed by atoms with Crippen LogP contribution in [0.1, 0.15) is 19.8 Å². The number of carboxylic acids is 1. The Morgan fingerprint density at radius 1 is 1.58 bits per heavy atom. The van der Waals surface area contributed by atoms with Gasteiger partial charge >= 0.3 is 5.97 Å². The maximum absolute atomic E-state index is 10.9. The maximum atomic E-state index is 10.9. The van der Waals surface area contributed by atoms with Crippen LogP contribution in [0.5, 0.6) is 0 Å². The molecule has 0 rings (SSSR count). The molecule has 1 amide bonds. The van der Waals surface area contributed by atoms with Crippen molar-refractivity contribution in [3.05, 3.63) is 0 Å². The summed E-state index contributed by atoms with van der Waals surface area (Å²) < 4.78 is 0. The Balaban J connectivity index is 3.64. The molecule has 4 N–H and O–H groups in total. The molecule has 70 valence electrons. The minimum atomic E-state index is -1.06. The van der Waals surface area contributed by atoms with Gasteiger partial charge in [0.05, 0.1) is 6.04 Å². The van der Waals surface area contributed by atoms with Crippen molar-refractivity contribution in [1.29, 1.82) is 0 Å². The summed E-state index contributed by atoms with van der Waals surface area (Å²) in [4.78, 5) is 21.0. The quantitative estimate of drug-likeness (QED) is 0.514. The summed E-state index contributed by atoms with van der Waals surface area (Å²) >= 11 is 0. The lowest BCUT2D eigenvalue weighted by atomic mass is 10.2. The van der Waals surface area contributed by atoms with E-state index in [1.165, 1.54) is 0 Å². The number of nitrogens with one attached hydrogen (secondary N) is 1. The predicted octanol–water partition coefficient (Wildman–Crippen LogP) is -0.685. The predicted molar refractivity (Wildman–Crippen MR) is 43.5 cm³/mol. The molecule has 0 saturated carbocycles. The lowest BCUT2D eigenvalue weighted by Gasteiger charge is -2.08. The number of aliphatic carboxylic acids is 1. The Morgan fingerprint density at radius 2 is 2.17 bits per heavy atom. The van der Waals surface area contributed by atoms with Crippen molar-refractivity contribution in [2.24, 2.45) is 5.73 Å². The van der Waals surface area contributed by atoms with Crippen LogP contribution in [0.2, 0.25) is 0 Å². The van der Waals surface area contributed by atoms with Gasteiger partial charge in [-0.2, -0.15) is 0 Å². The molecular formula is C7H14N2O3. The highest BCUT2D eigenvalue weighted by Crippen LogP contribution is 1.91. The standard InChI is InChI=1S/C7H14N2O3/c1-2-3-5(8)7(12)9-4-6(10)11/h5H,2-4,8H2,1H3,(H,9,12)(H,10,11). The van der Waals surface area contributed by atoms with Gasteiger partial charge in [-0.1, -0.05) is 13.3 Å². The molecule has 0 aliphatic carbocycles. The molecule has 0 aliphatic rings. The van der Waals surface area contributed by atoms with E-state index in [1.807, 2.05) is 6.92 Å². The van der Waals surface area contributed by atoms with Crippen LogP contribution < -0.4 is 11.1 Å². The molecule has 1 atom stereocenters. The number of nitrogens with two attached hydrogens (primary N) is 1. The molecular weight excluding hydrogens is 160 g/mol. The minimum absolute atomic E-state index is 0.365. The lowest BCUT2D eigenvalue weighted by Crippen LogP contribution is -2.42. The van der Waals surface area contributed by atoms with Crippen molar-refractivity contribution < 1.29 is 14.7 Å². The molecule has 0 spiro atoms. The second kappa shape index (κ2) is 5.54. The van der Waals surface area contributed by atoms with Crippen molar-refractivity contribution in [1.82, 2.24) is 5.32 Å². The smallest absolute Gasteiger partial charge is 0.322 e. The van der Waals surface area contributed by atoms with E-state index in [0.29, 0.717) is 6.42 Å². The summed E-state index contributed by atoms with van der Waals surface area (Å²) in [5.41, 5.74) is 5.41. The van der Waals surface area contributed by atoms with Crippen LogP contribution in [-0.4, -0.2) is 29.6 Å². The first-order valence-corrected chi connectivity index (χ1v) is 3.83. The van der Waals surface area contributed by atoms with Gasteiger partial charge in [0.15, 0.2) is 0 Å². The van der Waals surface area contributed by atoms with Crippen LogP contribution in [0, 0.1) is 0 Å². The second-order valence-corrected chi connectivity index (χ2v) is 2.51. The summed E-state index contributed by atoms with van der Waals surface area (Å²) in [5.74, 6) is -1.47. The van der Waals surface area contributed by atoms with Crippen molar-refractivity contribution in [2.45, 2.75) is 25.8 Å². The van der Waals surface area contributed by atoms with Gasteiger partial charge in [0.1, 0.15) is 6.54 Å². The van der Waals surface area contributed by atoms with E-state index in [-0.39, 0.29) is 6.54 Å². The SMILES string of the molecule is CCCC(N)C(=O)NCC(=O)O. The molecule has 0 aliphatic heterocycles. The molecule has 0 heterocycles. The fourth-order valence-electron chi connectivity index (χ4n) is 0.736. The van der Waals surface area contributed by atoms with Crippen LogP contribution >= 0.6 is 0 Å². The minimum Gasteiger partial charge on any atom is -0.480 e. The van der Waals surface area contributed by atoms with Crippen molar-refractivity contribution in [3.63, 3.8) is 0 Å². The summed E-state index contributed by atoms with van der Waals surface area (Å²) in [7, 11) is 0. The Labute approximate surface area is 70.9 Å². The van der Waals surface area contributed by atoms with Crippen molar-refractivity contribution in [2.75, 3.05) is 6.54 Å². The summed E-state index contributed by atoms with van der Waals surface area (Å²) in [6.07, 6.45) is 1.38. The van der Waals surface area contributed by atoms with Gasteiger partial charge in [-0.3, -0.25) is 9.59 Å². The van der Waals surface area contributed by atoms with E-state index in [0.717, 1.165) is 6.42 Å². The van der Waals surface area contributed by atoms with E-state index < -0.39 is 17.9 Å². The molecule has 0 fully saturated rings. The van der Waals surface area contributed by atoms with E-state index in [2.05, 4.69) is 5.32 Å². The highest BCUT2D eigenvalue weighted by atomic mass is 16.4. The highest BCUT2D eigenvalue weighted by Gasteiger charge is 2.12. The molecule has 12 heavy (non-hydrogen) atoms. The first kappa shape index (κ1) is 10.9. The average Bonchev–Trinajstić information content (AvgIpc) is 2.00. The first-order chi connectivity index (χ1) is 5.57. The third-order valence-electron chi connectivity index (χ3n) is 1.35. The Kier molecular flexibility index (Phi) is 5.03. The summed E-state index contributed by atoms with van der Waals surface area (Å²) in [6.45, 7) is 1.54.